The van der Waals surface area contributed by atoms with Gasteiger partial charge in [-0.1, -0.05) is 36.9 Å². The minimum atomic E-state index is -0.125. The highest BCUT2D eigenvalue weighted by Crippen LogP contribution is 2.30. The lowest BCUT2D eigenvalue weighted by Crippen LogP contribution is -2.58. The Morgan fingerprint density at radius 3 is 1.91 bits per heavy atom. The Balaban J connectivity index is 2.94. The molecule has 0 aliphatic rings. The number of benzene rings is 1. The molecule has 0 saturated heterocycles. The zero-order valence-corrected chi connectivity index (χ0v) is 16.5. The van der Waals surface area contributed by atoms with E-state index < -0.39 is 0 Å². The first-order valence-corrected chi connectivity index (χ1v) is 8.63. The lowest BCUT2D eigenvalue weighted by atomic mass is 9.90. The maximum absolute atomic E-state index is 4.35. The molecule has 0 atom stereocenters. The van der Waals surface area contributed by atoms with Gasteiger partial charge in [-0.05, 0) is 67.4 Å². The van der Waals surface area contributed by atoms with Crippen LogP contribution in [0.15, 0.2) is 42.6 Å². The van der Waals surface area contributed by atoms with Crippen molar-refractivity contribution in [3.05, 3.63) is 48.2 Å². The van der Waals surface area contributed by atoms with Gasteiger partial charge in [0.05, 0.1) is 5.54 Å². The molecule has 23 heavy (non-hydrogen) atoms. The zero-order chi connectivity index (χ0) is 17.9. The fourth-order valence-electron chi connectivity index (χ4n) is 3.11. The first-order chi connectivity index (χ1) is 10.3. The molecule has 130 valence electrons. The summed E-state index contributed by atoms with van der Waals surface area (Å²) in [5.41, 5.74) is 2.43. The number of nitrogens with zero attached hydrogens (tertiary/aromatic N) is 1. The van der Waals surface area contributed by atoms with Crippen molar-refractivity contribution in [1.29, 1.82) is 0 Å². The molecular weight excluding hydrogens is 280 g/mol. The van der Waals surface area contributed by atoms with Crippen molar-refractivity contribution in [2.45, 2.75) is 78.4 Å². The van der Waals surface area contributed by atoms with Gasteiger partial charge in [-0.2, -0.15) is 0 Å². The average Bonchev–Trinajstić information content (AvgIpc) is 2.36. The van der Waals surface area contributed by atoms with Crippen LogP contribution in [0.5, 0.6) is 0 Å². The third kappa shape index (κ3) is 6.02. The van der Waals surface area contributed by atoms with Crippen LogP contribution in [0.3, 0.4) is 0 Å². The fraction of sp³-hybridized carbons (Fsp3) is 0.619. The predicted octanol–water partition coefficient (Wildman–Crippen LogP) is 5.01. The molecule has 0 bridgehead atoms. The van der Waals surface area contributed by atoms with E-state index in [9.17, 15) is 0 Å². The normalized spacial score (nSPS) is 13.3. The largest absolute Gasteiger partial charge is 0.383 e. The van der Waals surface area contributed by atoms with Crippen molar-refractivity contribution in [3.8, 4) is 0 Å². The lowest BCUT2D eigenvalue weighted by Gasteiger charge is -2.49. The van der Waals surface area contributed by atoms with Gasteiger partial charge < -0.3 is 5.32 Å². The van der Waals surface area contributed by atoms with E-state index in [0.29, 0.717) is 0 Å². The first-order valence-electron chi connectivity index (χ1n) is 8.63. The second-order valence-electron chi connectivity index (χ2n) is 8.97. The van der Waals surface area contributed by atoms with Gasteiger partial charge in [-0.3, -0.25) is 4.90 Å². The molecular formula is C21H36N2. The van der Waals surface area contributed by atoms with E-state index >= 15 is 0 Å². The molecule has 0 spiro atoms. The monoisotopic (exact) mass is 316 g/mol. The average molecular weight is 317 g/mol. The molecule has 1 rings (SSSR count). The van der Waals surface area contributed by atoms with Gasteiger partial charge in [0.2, 0.25) is 0 Å². The van der Waals surface area contributed by atoms with Crippen LogP contribution >= 0.6 is 0 Å². The summed E-state index contributed by atoms with van der Waals surface area (Å²) < 4.78 is 0. The molecule has 0 fully saturated rings. The molecule has 1 aromatic rings. The van der Waals surface area contributed by atoms with Gasteiger partial charge in [0.15, 0.2) is 0 Å². The molecule has 0 amide bonds. The standard InChI is InChI=1S/C21H36N2/c1-17(22-19(2,3)4)21(8,9)23(20(5,6)7)16-15-18-13-11-10-12-14-18/h10-14,22H,1,15-16H2,2-9H3. The number of rotatable bonds is 6. The fourth-order valence-corrected chi connectivity index (χ4v) is 3.11. The highest BCUT2D eigenvalue weighted by molar-refractivity contribution is 5.18. The van der Waals surface area contributed by atoms with Crippen LogP contribution < -0.4 is 5.32 Å². The van der Waals surface area contributed by atoms with Crippen LogP contribution in [0.25, 0.3) is 0 Å². The maximum atomic E-state index is 4.35. The van der Waals surface area contributed by atoms with Crippen molar-refractivity contribution in [2.24, 2.45) is 0 Å². The van der Waals surface area contributed by atoms with Crippen LogP contribution in [0.1, 0.15) is 61.0 Å². The Morgan fingerprint density at radius 1 is 0.957 bits per heavy atom. The first kappa shape index (κ1) is 19.8. The Labute approximate surface area is 144 Å². The molecule has 0 aliphatic heterocycles. The Morgan fingerprint density at radius 2 is 1.48 bits per heavy atom. The molecule has 0 aromatic heterocycles. The highest BCUT2D eigenvalue weighted by atomic mass is 15.3. The molecule has 2 heteroatoms. The van der Waals surface area contributed by atoms with Gasteiger partial charge in [0, 0.05) is 23.3 Å². The Bertz CT molecular complexity index is 501. The SMILES string of the molecule is C=C(NC(C)(C)C)C(C)(C)N(CCc1ccccc1)C(C)(C)C. The maximum Gasteiger partial charge on any atom is 0.0549 e. The van der Waals surface area contributed by atoms with Gasteiger partial charge in [-0.25, -0.2) is 0 Å². The molecule has 0 radical (unpaired) electrons. The third-order valence-corrected chi connectivity index (χ3v) is 4.22. The summed E-state index contributed by atoms with van der Waals surface area (Å²) in [4.78, 5) is 2.55. The molecule has 0 saturated carbocycles. The number of nitrogens with one attached hydrogen (secondary N) is 1. The second-order valence-corrected chi connectivity index (χ2v) is 8.97. The molecule has 0 aliphatic carbocycles. The highest BCUT2D eigenvalue weighted by Gasteiger charge is 2.37. The predicted molar refractivity (Wildman–Crippen MR) is 103 cm³/mol. The minimum Gasteiger partial charge on any atom is -0.383 e. The van der Waals surface area contributed by atoms with Crippen molar-refractivity contribution >= 4 is 0 Å². The summed E-state index contributed by atoms with van der Waals surface area (Å²) in [5, 5.41) is 3.57. The quantitative estimate of drug-likeness (QED) is 0.793. The van der Waals surface area contributed by atoms with Crippen molar-refractivity contribution in [1.82, 2.24) is 10.2 Å². The Hall–Kier alpha value is -1.28. The Kier molecular flexibility index (Phi) is 6.09. The zero-order valence-electron chi connectivity index (χ0n) is 16.5. The van der Waals surface area contributed by atoms with Crippen LogP contribution in [-0.4, -0.2) is 28.1 Å². The number of hydrogen-bond donors (Lipinski definition) is 1. The molecule has 1 N–H and O–H groups in total. The molecule has 1 aromatic carbocycles. The summed E-state index contributed by atoms with van der Waals surface area (Å²) in [7, 11) is 0. The van der Waals surface area contributed by atoms with E-state index in [0.717, 1.165) is 18.7 Å². The van der Waals surface area contributed by atoms with Crippen molar-refractivity contribution < 1.29 is 0 Å². The number of hydrogen-bond acceptors (Lipinski definition) is 2. The van der Waals surface area contributed by atoms with Gasteiger partial charge in [0.1, 0.15) is 0 Å². The van der Waals surface area contributed by atoms with Crippen LogP contribution in [-0.2, 0) is 6.42 Å². The summed E-state index contributed by atoms with van der Waals surface area (Å²) in [5.74, 6) is 0. The van der Waals surface area contributed by atoms with E-state index in [2.05, 4.69) is 103 Å². The molecule has 0 heterocycles. The van der Waals surface area contributed by atoms with E-state index in [1.165, 1.54) is 5.56 Å². The van der Waals surface area contributed by atoms with Crippen LogP contribution in [0.2, 0.25) is 0 Å². The molecule has 2 nitrogen and oxygen atoms in total. The second kappa shape index (κ2) is 7.09. The summed E-state index contributed by atoms with van der Waals surface area (Å²) >= 11 is 0. The third-order valence-electron chi connectivity index (χ3n) is 4.22. The van der Waals surface area contributed by atoms with Gasteiger partial charge in [0.25, 0.3) is 0 Å². The van der Waals surface area contributed by atoms with E-state index in [1.807, 2.05) is 0 Å². The minimum absolute atomic E-state index is 0.0251. The smallest absolute Gasteiger partial charge is 0.0549 e. The van der Waals surface area contributed by atoms with E-state index in [4.69, 9.17) is 0 Å². The lowest BCUT2D eigenvalue weighted by molar-refractivity contribution is 0.0443. The summed E-state index contributed by atoms with van der Waals surface area (Å²) in [6, 6.07) is 10.7. The van der Waals surface area contributed by atoms with Crippen LogP contribution in [0, 0.1) is 0 Å². The van der Waals surface area contributed by atoms with Crippen molar-refractivity contribution in [3.63, 3.8) is 0 Å². The van der Waals surface area contributed by atoms with E-state index in [-0.39, 0.29) is 16.6 Å². The van der Waals surface area contributed by atoms with E-state index in [1.54, 1.807) is 0 Å². The van der Waals surface area contributed by atoms with Gasteiger partial charge in [-0.15, -0.1) is 0 Å². The topological polar surface area (TPSA) is 15.3 Å². The summed E-state index contributed by atoms with van der Waals surface area (Å²) in [6.45, 7) is 23.3. The van der Waals surface area contributed by atoms with Gasteiger partial charge >= 0.3 is 0 Å². The van der Waals surface area contributed by atoms with Crippen LogP contribution in [0.4, 0.5) is 0 Å². The summed E-state index contributed by atoms with van der Waals surface area (Å²) in [6.07, 6.45) is 1.05. The molecule has 0 unspecified atom stereocenters. The van der Waals surface area contributed by atoms with Crippen molar-refractivity contribution in [2.75, 3.05) is 6.54 Å².